The van der Waals surface area contributed by atoms with E-state index in [-0.39, 0.29) is 6.04 Å². The lowest BCUT2D eigenvalue weighted by Gasteiger charge is -2.24. The molecule has 0 amide bonds. The van der Waals surface area contributed by atoms with Gasteiger partial charge in [-0.25, -0.2) is 8.42 Å². The van der Waals surface area contributed by atoms with E-state index in [1.54, 1.807) is 7.05 Å². The molecular formula is C15H27N3O2S. The Morgan fingerprint density at radius 2 is 2.00 bits per heavy atom. The van der Waals surface area contributed by atoms with Crippen molar-refractivity contribution in [2.45, 2.75) is 63.1 Å². The second-order valence-electron chi connectivity index (χ2n) is 5.83. The van der Waals surface area contributed by atoms with Crippen LogP contribution in [0.3, 0.4) is 0 Å². The molecule has 6 heteroatoms. The zero-order chi connectivity index (χ0) is 15.6. The van der Waals surface area contributed by atoms with E-state index in [1.807, 2.05) is 33.2 Å². The van der Waals surface area contributed by atoms with Crippen LogP contribution in [0.15, 0.2) is 17.2 Å². The van der Waals surface area contributed by atoms with E-state index in [0.29, 0.717) is 17.5 Å². The fourth-order valence-electron chi connectivity index (χ4n) is 2.82. The summed E-state index contributed by atoms with van der Waals surface area (Å²) < 4.78 is 29.3. The molecule has 120 valence electrons. The molecule has 1 fully saturated rings. The Morgan fingerprint density at radius 3 is 2.48 bits per heavy atom. The monoisotopic (exact) mass is 313 g/mol. The Labute approximate surface area is 128 Å². The maximum atomic E-state index is 12.8. The largest absolute Gasteiger partial charge is 0.346 e. The first-order valence-electron chi connectivity index (χ1n) is 7.79. The summed E-state index contributed by atoms with van der Waals surface area (Å²) in [7, 11) is 0.174. The molecule has 0 radical (unpaired) electrons. The number of hydrogen-bond donors (Lipinski definition) is 1. The molecule has 2 rings (SSSR count). The summed E-state index contributed by atoms with van der Waals surface area (Å²) in [5, 5.41) is 3.12. The molecule has 0 unspecified atom stereocenters. The highest BCUT2D eigenvalue weighted by Crippen LogP contribution is 2.37. The third-order valence-electron chi connectivity index (χ3n) is 4.34. The minimum absolute atomic E-state index is 0.0621. The molecule has 0 aromatic carbocycles. The van der Waals surface area contributed by atoms with Gasteiger partial charge in [0.05, 0.1) is 0 Å². The lowest BCUT2D eigenvalue weighted by molar-refractivity contribution is 0.349. The van der Waals surface area contributed by atoms with Crippen molar-refractivity contribution in [1.29, 1.82) is 0 Å². The summed E-state index contributed by atoms with van der Waals surface area (Å²) in [6.07, 6.45) is 5.77. The first-order valence-corrected chi connectivity index (χ1v) is 9.23. The van der Waals surface area contributed by atoms with Gasteiger partial charge in [-0.3, -0.25) is 0 Å². The van der Waals surface area contributed by atoms with Crippen molar-refractivity contribution in [2.24, 2.45) is 0 Å². The van der Waals surface area contributed by atoms with Crippen LogP contribution in [0.4, 0.5) is 0 Å². The van der Waals surface area contributed by atoms with Gasteiger partial charge in [-0.05, 0) is 38.8 Å². The Hall–Kier alpha value is -0.850. The lowest BCUT2D eigenvalue weighted by Crippen LogP contribution is -2.36. The SMILES string of the molecule is CCC(CC)N(C)S(=O)(=O)c1cc(CNC)n(C2CC2)c1. The van der Waals surface area contributed by atoms with E-state index in [0.717, 1.165) is 31.4 Å². The van der Waals surface area contributed by atoms with E-state index in [2.05, 4.69) is 9.88 Å². The summed E-state index contributed by atoms with van der Waals surface area (Å²) in [6.45, 7) is 4.75. The fourth-order valence-corrected chi connectivity index (χ4v) is 4.37. The number of hydrogen-bond acceptors (Lipinski definition) is 3. The van der Waals surface area contributed by atoms with Crippen molar-refractivity contribution < 1.29 is 8.42 Å². The average Bonchev–Trinajstić information content (AvgIpc) is 3.21. The van der Waals surface area contributed by atoms with Gasteiger partial charge in [0.1, 0.15) is 4.90 Å². The van der Waals surface area contributed by atoms with E-state index >= 15 is 0 Å². The van der Waals surface area contributed by atoms with Crippen LogP contribution in [0.25, 0.3) is 0 Å². The maximum Gasteiger partial charge on any atom is 0.244 e. The normalized spacial score (nSPS) is 16.1. The van der Waals surface area contributed by atoms with Crippen LogP contribution in [0.1, 0.15) is 51.3 Å². The first kappa shape index (κ1) is 16.5. The van der Waals surface area contributed by atoms with Crippen molar-refractivity contribution in [1.82, 2.24) is 14.2 Å². The van der Waals surface area contributed by atoms with Crippen molar-refractivity contribution in [3.63, 3.8) is 0 Å². The average molecular weight is 313 g/mol. The van der Waals surface area contributed by atoms with Crippen LogP contribution in [-0.2, 0) is 16.6 Å². The van der Waals surface area contributed by atoms with Gasteiger partial charge in [-0.15, -0.1) is 0 Å². The number of nitrogens with one attached hydrogen (secondary N) is 1. The third kappa shape index (κ3) is 3.33. The summed E-state index contributed by atoms with van der Waals surface area (Å²) in [5.74, 6) is 0. The molecular weight excluding hydrogens is 286 g/mol. The maximum absolute atomic E-state index is 12.8. The topological polar surface area (TPSA) is 54.3 Å². The third-order valence-corrected chi connectivity index (χ3v) is 6.21. The smallest absolute Gasteiger partial charge is 0.244 e. The Kier molecular flexibility index (Phi) is 5.11. The first-order chi connectivity index (χ1) is 9.95. The molecule has 1 saturated carbocycles. The van der Waals surface area contributed by atoms with Crippen LogP contribution < -0.4 is 5.32 Å². The minimum atomic E-state index is -3.40. The van der Waals surface area contributed by atoms with Crippen LogP contribution in [0.2, 0.25) is 0 Å². The van der Waals surface area contributed by atoms with Crippen molar-refractivity contribution in [2.75, 3.05) is 14.1 Å². The van der Waals surface area contributed by atoms with Crippen molar-refractivity contribution in [3.8, 4) is 0 Å². The summed E-state index contributed by atoms with van der Waals surface area (Å²) in [5.41, 5.74) is 1.05. The summed E-state index contributed by atoms with van der Waals surface area (Å²) in [4.78, 5) is 0.425. The van der Waals surface area contributed by atoms with Gasteiger partial charge in [0.15, 0.2) is 0 Å². The second-order valence-corrected chi connectivity index (χ2v) is 7.82. The second kappa shape index (κ2) is 6.50. The zero-order valence-corrected chi connectivity index (χ0v) is 14.3. The van der Waals surface area contributed by atoms with E-state index in [9.17, 15) is 8.42 Å². The van der Waals surface area contributed by atoms with Crippen molar-refractivity contribution >= 4 is 10.0 Å². The highest BCUT2D eigenvalue weighted by molar-refractivity contribution is 7.89. The van der Waals surface area contributed by atoms with Gasteiger partial charge >= 0.3 is 0 Å². The van der Waals surface area contributed by atoms with Gasteiger partial charge in [-0.2, -0.15) is 4.31 Å². The van der Waals surface area contributed by atoms with Gasteiger partial charge in [-0.1, -0.05) is 13.8 Å². The standard InChI is InChI=1S/C15H27N3O2S/c1-5-12(6-2)17(4)21(19,20)15-9-14(10-16-3)18(11-15)13-7-8-13/h9,11-13,16H,5-8,10H2,1-4H3. The van der Waals surface area contributed by atoms with E-state index in [1.165, 1.54) is 4.31 Å². The number of sulfonamides is 1. The Bertz CT molecular complexity index is 572. The van der Waals surface area contributed by atoms with Gasteiger partial charge < -0.3 is 9.88 Å². The van der Waals surface area contributed by atoms with Crippen LogP contribution >= 0.6 is 0 Å². The molecule has 1 aliphatic carbocycles. The van der Waals surface area contributed by atoms with Gasteiger partial charge in [0.2, 0.25) is 10.0 Å². The molecule has 0 spiro atoms. The fraction of sp³-hybridized carbons (Fsp3) is 0.733. The highest BCUT2D eigenvalue weighted by atomic mass is 32.2. The molecule has 0 bridgehead atoms. The zero-order valence-electron chi connectivity index (χ0n) is 13.5. The molecule has 0 saturated heterocycles. The molecule has 1 aromatic heterocycles. The number of nitrogens with zero attached hydrogens (tertiary/aromatic N) is 2. The number of rotatable bonds is 8. The molecule has 1 aromatic rings. The predicted molar refractivity (Wildman–Crippen MR) is 84.8 cm³/mol. The van der Waals surface area contributed by atoms with Gasteiger partial charge in [0, 0.05) is 37.6 Å². The lowest BCUT2D eigenvalue weighted by atomic mass is 10.2. The highest BCUT2D eigenvalue weighted by Gasteiger charge is 2.31. The summed E-state index contributed by atoms with van der Waals surface area (Å²) in [6, 6.07) is 2.37. The number of aromatic nitrogens is 1. The molecule has 1 heterocycles. The molecule has 0 aliphatic heterocycles. The molecule has 0 atom stereocenters. The van der Waals surface area contributed by atoms with Crippen molar-refractivity contribution in [3.05, 3.63) is 18.0 Å². The Balaban J connectivity index is 2.33. The van der Waals surface area contributed by atoms with Gasteiger partial charge in [0.25, 0.3) is 0 Å². The van der Waals surface area contributed by atoms with Crippen LogP contribution in [0.5, 0.6) is 0 Å². The molecule has 21 heavy (non-hydrogen) atoms. The molecule has 5 nitrogen and oxygen atoms in total. The van der Waals surface area contributed by atoms with E-state index in [4.69, 9.17) is 0 Å². The van der Waals surface area contributed by atoms with Crippen LogP contribution in [0, 0.1) is 0 Å². The minimum Gasteiger partial charge on any atom is -0.346 e. The quantitative estimate of drug-likeness (QED) is 0.801. The predicted octanol–water partition coefficient (Wildman–Crippen LogP) is 2.35. The van der Waals surface area contributed by atoms with Crippen LogP contribution in [-0.4, -0.2) is 37.4 Å². The van der Waals surface area contributed by atoms with E-state index < -0.39 is 10.0 Å². The molecule has 1 N–H and O–H groups in total. The summed E-state index contributed by atoms with van der Waals surface area (Å²) >= 11 is 0. The Morgan fingerprint density at radius 1 is 1.38 bits per heavy atom. The molecule has 1 aliphatic rings.